The molecule has 0 atom stereocenters. The summed E-state index contributed by atoms with van der Waals surface area (Å²) in [4.78, 5) is 18.9. The van der Waals surface area contributed by atoms with Gasteiger partial charge in [0.15, 0.2) is 0 Å². The number of rotatable bonds is 4. The number of piperidine rings is 1. The molecule has 0 bridgehead atoms. The van der Waals surface area contributed by atoms with Crippen LogP contribution in [0.4, 0.5) is 0 Å². The Kier molecular flexibility index (Phi) is 4.91. The lowest BCUT2D eigenvalue weighted by Gasteiger charge is -2.40. The Hall–Kier alpha value is -2.55. The van der Waals surface area contributed by atoms with Gasteiger partial charge in [0.25, 0.3) is 5.91 Å². The number of hydrogen-bond acceptors (Lipinski definition) is 6. The molecule has 2 aromatic heterocycles. The van der Waals surface area contributed by atoms with E-state index < -0.39 is 0 Å². The molecule has 1 spiro atoms. The van der Waals surface area contributed by atoms with Crippen molar-refractivity contribution in [2.75, 3.05) is 19.7 Å². The molecule has 29 heavy (non-hydrogen) atoms. The minimum absolute atomic E-state index is 0.0399. The van der Waals surface area contributed by atoms with Crippen LogP contribution in [-0.4, -0.2) is 40.4 Å². The van der Waals surface area contributed by atoms with Gasteiger partial charge in [0, 0.05) is 11.4 Å². The maximum Gasteiger partial charge on any atom is 0.261 e. The van der Waals surface area contributed by atoms with Crippen molar-refractivity contribution < 1.29 is 9.53 Å². The second kappa shape index (κ2) is 7.70. The van der Waals surface area contributed by atoms with Gasteiger partial charge >= 0.3 is 0 Å². The first-order valence-corrected chi connectivity index (χ1v) is 10.8. The van der Waals surface area contributed by atoms with E-state index in [1.807, 2.05) is 24.3 Å². The van der Waals surface area contributed by atoms with Gasteiger partial charge in [-0.05, 0) is 55.6 Å². The predicted octanol–water partition coefficient (Wildman–Crippen LogP) is 2.41. The number of amides is 1. The standard InChI is InChI=1S/C21H23N5O2S/c27-20(24-12-16-3-1-2-4-17(16)26-14-23-13-25-26)18-11-15-5-10-28-21(19(15)29-18)6-8-22-9-7-21/h1-4,11,13-14,22H,5-10,12H2,(H,24,27). The van der Waals surface area contributed by atoms with Gasteiger partial charge in [0.05, 0.1) is 17.2 Å². The zero-order valence-electron chi connectivity index (χ0n) is 16.1. The normalized spacial score (nSPS) is 17.8. The third-order valence-electron chi connectivity index (χ3n) is 5.70. The number of carbonyl (C=O) groups is 1. The molecule has 3 aromatic rings. The van der Waals surface area contributed by atoms with Crippen molar-refractivity contribution in [3.8, 4) is 5.69 Å². The molecule has 2 aliphatic heterocycles. The summed E-state index contributed by atoms with van der Waals surface area (Å²) < 4.78 is 7.95. The highest BCUT2D eigenvalue weighted by Gasteiger charge is 2.41. The Labute approximate surface area is 173 Å². The lowest BCUT2D eigenvalue weighted by atomic mass is 9.86. The Bertz CT molecular complexity index is 1010. The van der Waals surface area contributed by atoms with Crippen molar-refractivity contribution in [1.82, 2.24) is 25.4 Å². The average molecular weight is 410 g/mol. The van der Waals surface area contributed by atoms with E-state index >= 15 is 0 Å². The summed E-state index contributed by atoms with van der Waals surface area (Å²) in [5, 5.41) is 10.7. The lowest BCUT2D eigenvalue weighted by molar-refractivity contribution is -0.0771. The number of hydrogen-bond donors (Lipinski definition) is 2. The van der Waals surface area contributed by atoms with E-state index in [-0.39, 0.29) is 11.5 Å². The quantitative estimate of drug-likeness (QED) is 0.692. The number of nitrogens with one attached hydrogen (secondary N) is 2. The summed E-state index contributed by atoms with van der Waals surface area (Å²) in [6.07, 6.45) is 5.97. The van der Waals surface area contributed by atoms with E-state index in [0.717, 1.165) is 55.1 Å². The van der Waals surface area contributed by atoms with Crippen LogP contribution in [0, 0.1) is 0 Å². The Morgan fingerprint density at radius 2 is 2.17 bits per heavy atom. The molecule has 0 unspecified atom stereocenters. The summed E-state index contributed by atoms with van der Waals surface area (Å²) >= 11 is 1.59. The largest absolute Gasteiger partial charge is 0.369 e. The van der Waals surface area contributed by atoms with Crippen LogP contribution in [-0.2, 0) is 23.3 Å². The zero-order chi connectivity index (χ0) is 19.7. The van der Waals surface area contributed by atoms with Crippen molar-refractivity contribution in [3.05, 3.63) is 63.9 Å². The number of ether oxygens (including phenoxy) is 1. The van der Waals surface area contributed by atoms with Gasteiger partial charge in [-0.3, -0.25) is 4.79 Å². The molecule has 1 aromatic carbocycles. The van der Waals surface area contributed by atoms with E-state index in [2.05, 4.69) is 26.8 Å². The molecule has 5 rings (SSSR count). The van der Waals surface area contributed by atoms with Gasteiger partial charge in [-0.25, -0.2) is 9.67 Å². The third kappa shape index (κ3) is 3.48. The number of fused-ring (bicyclic) bond motifs is 2. The molecule has 0 aliphatic carbocycles. The van der Waals surface area contributed by atoms with Crippen molar-refractivity contribution in [1.29, 1.82) is 0 Å². The van der Waals surface area contributed by atoms with Gasteiger partial charge in [-0.15, -0.1) is 11.3 Å². The summed E-state index contributed by atoms with van der Waals surface area (Å²) in [5.74, 6) is -0.0399. The maximum absolute atomic E-state index is 12.9. The second-order valence-electron chi connectivity index (χ2n) is 7.46. The highest BCUT2D eigenvalue weighted by molar-refractivity contribution is 7.14. The molecule has 1 saturated heterocycles. The van der Waals surface area contributed by atoms with Crippen LogP contribution in [0.15, 0.2) is 43.0 Å². The van der Waals surface area contributed by atoms with Gasteiger partial charge in [0.1, 0.15) is 18.3 Å². The fourth-order valence-electron chi connectivity index (χ4n) is 4.21. The summed E-state index contributed by atoms with van der Waals surface area (Å²) in [6, 6.07) is 9.94. The van der Waals surface area contributed by atoms with Crippen LogP contribution >= 0.6 is 11.3 Å². The molecule has 4 heterocycles. The van der Waals surface area contributed by atoms with E-state index in [1.54, 1.807) is 22.3 Å². The van der Waals surface area contributed by atoms with Crippen molar-refractivity contribution in [3.63, 3.8) is 0 Å². The van der Waals surface area contributed by atoms with E-state index in [1.165, 1.54) is 16.8 Å². The molecule has 150 valence electrons. The van der Waals surface area contributed by atoms with Crippen LogP contribution in [0.2, 0.25) is 0 Å². The topological polar surface area (TPSA) is 81.1 Å². The lowest BCUT2D eigenvalue weighted by Crippen LogP contribution is -2.43. The van der Waals surface area contributed by atoms with Crippen LogP contribution < -0.4 is 10.6 Å². The first-order valence-electron chi connectivity index (χ1n) is 9.94. The van der Waals surface area contributed by atoms with E-state index in [4.69, 9.17) is 4.74 Å². The number of aromatic nitrogens is 3. The molecule has 7 nitrogen and oxygen atoms in total. The molecule has 0 radical (unpaired) electrons. The van der Waals surface area contributed by atoms with E-state index in [9.17, 15) is 4.79 Å². The Balaban J connectivity index is 1.34. The minimum Gasteiger partial charge on any atom is -0.369 e. The summed E-state index contributed by atoms with van der Waals surface area (Å²) in [5.41, 5.74) is 2.97. The monoisotopic (exact) mass is 409 g/mol. The zero-order valence-corrected chi connectivity index (χ0v) is 16.9. The number of thiophene rings is 1. The average Bonchev–Trinajstić information content (AvgIpc) is 3.44. The Morgan fingerprint density at radius 3 is 3.00 bits per heavy atom. The van der Waals surface area contributed by atoms with Crippen LogP contribution in [0.25, 0.3) is 5.69 Å². The molecular weight excluding hydrogens is 386 g/mol. The fourth-order valence-corrected chi connectivity index (χ4v) is 5.54. The third-order valence-corrected chi connectivity index (χ3v) is 7.07. The summed E-state index contributed by atoms with van der Waals surface area (Å²) in [6.45, 7) is 3.08. The molecule has 0 saturated carbocycles. The predicted molar refractivity (Wildman–Crippen MR) is 110 cm³/mol. The highest BCUT2D eigenvalue weighted by atomic mass is 32.1. The second-order valence-corrected chi connectivity index (χ2v) is 8.51. The number of nitrogens with zero attached hydrogens (tertiary/aromatic N) is 3. The van der Waals surface area contributed by atoms with Crippen molar-refractivity contribution >= 4 is 17.2 Å². The molecule has 1 amide bonds. The van der Waals surface area contributed by atoms with Crippen molar-refractivity contribution in [2.45, 2.75) is 31.4 Å². The molecule has 2 aliphatic rings. The van der Waals surface area contributed by atoms with Gasteiger partial charge < -0.3 is 15.4 Å². The van der Waals surface area contributed by atoms with Crippen LogP contribution in [0.3, 0.4) is 0 Å². The van der Waals surface area contributed by atoms with Crippen LogP contribution in [0.1, 0.15) is 38.5 Å². The summed E-state index contributed by atoms with van der Waals surface area (Å²) in [7, 11) is 0. The van der Waals surface area contributed by atoms with Crippen LogP contribution in [0.5, 0.6) is 0 Å². The molecule has 8 heteroatoms. The fraction of sp³-hybridized carbons (Fsp3) is 0.381. The first-order chi connectivity index (χ1) is 14.3. The smallest absolute Gasteiger partial charge is 0.261 e. The maximum atomic E-state index is 12.9. The highest BCUT2D eigenvalue weighted by Crippen LogP contribution is 2.44. The van der Waals surface area contributed by atoms with Crippen molar-refractivity contribution in [2.24, 2.45) is 0 Å². The Morgan fingerprint density at radius 1 is 1.31 bits per heavy atom. The number of carbonyl (C=O) groups excluding carboxylic acids is 1. The number of benzene rings is 1. The molecule has 1 fully saturated rings. The van der Waals surface area contributed by atoms with Gasteiger partial charge in [0.2, 0.25) is 0 Å². The molecule has 2 N–H and O–H groups in total. The van der Waals surface area contributed by atoms with Gasteiger partial charge in [-0.2, -0.15) is 5.10 Å². The SMILES string of the molecule is O=C(NCc1ccccc1-n1cncn1)c1cc2c(s1)C1(CCNCC1)OCC2. The minimum atomic E-state index is -0.207. The van der Waals surface area contributed by atoms with E-state index in [0.29, 0.717) is 6.54 Å². The van der Waals surface area contributed by atoms with Gasteiger partial charge in [-0.1, -0.05) is 18.2 Å². The molecular formula is C21H23N5O2S. The number of para-hydroxylation sites is 1. The first kappa shape index (κ1) is 18.5.